The summed E-state index contributed by atoms with van der Waals surface area (Å²) >= 11 is 6.25. The van der Waals surface area contributed by atoms with Crippen LogP contribution in [0.3, 0.4) is 0 Å². The van der Waals surface area contributed by atoms with Crippen LogP contribution in [0.4, 0.5) is 11.6 Å². The van der Waals surface area contributed by atoms with Gasteiger partial charge in [0.05, 0.1) is 5.69 Å². The van der Waals surface area contributed by atoms with Gasteiger partial charge in [-0.05, 0) is 30.7 Å². The number of nitrogens with zero attached hydrogens (tertiary/aromatic N) is 2. The molecule has 4 nitrogen and oxygen atoms in total. The molecule has 3 rings (SSSR count). The average Bonchev–Trinajstić information content (AvgIpc) is 2.95. The number of halogens is 1. The fourth-order valence-electron chi connectivity index (χ4n) is 2.32. The smallest absolute Gasteiger partial charge is 0.214 e. The van der Waals surface area contributed by atoms with Crippen LogP contribution in [0.5, 0.6) is 0 Å². The van der Waals surface area contributed by atoms with Crippen molar-refractivity contribution in [2.45, 2.75) is 6.92 Å². The number of anilines is 2. The Balaban J connectivity index is 2.21. The van der Waals surface area contributed by atoms with Crippen LogP contribution >= 0.6 is 11.6 Å². The van der Waals surface area contributed by atoms with Crippen molar-refractivity contribution < 1.29 is 4.42 Å². The van der Waals surface area contributed by atoms with Crippen molar-refractivity contribution in [3.63, 3.8) is 0 Å². The standard InChI is InChI=1S/C17H16ClN3O/c1-11-7-8-13(9-15(11)18)21(17(19)20-2)16-14-6-4-3-5-12(14)10-22-16/h3-10H,1-2H3,(H2,19,20). The van der Waals surface area contributed by atoms with E-state index in [9.17, 15) is 0 Å². The fraction of sp³-hybridized carbons (Fsp3) is 0.118. The van der Waals surface area contributed by atoms with Crippen molar-refractivity contribution in [1.29, 1.82) is 0 Å². The van der Waals surface area contributed by atoms with Gasteiger partial charge in [-0.3, -0.25) is 9.89 Å². The second kappa shape index (κ2) is 5.73. The largest absolute Gasteiger partial charge is 0.447 e. The van der Waals surface area contributed by atoms with Gasteiger partial charge in [0.25, 0.3) is 0 Å². The van der Waals surface area contributed by atoms with Gasteiger partial charge in [-0.25, -0.2) is 0 Å². The number of fused-ring (bicyclic) bond motifs is 1. The molecule has 0 radical (unpaired) electrons. The fourth-order valence-corrected chi connectivity index (χ4v) is 2.50. The number of nitrogens with two attached hydrogens (primary N) is 1. The molecule has 2 aromatic carbocycles. The quantitative estimate of drug-likeness (QED) is 0.560. The zero-order valence-electron chi connectivity index (χ0n) is 12.4. The molecule has 112 valence electrons. The van der Waals surface area contributed by atoms with Crippen molar-refractivity contribution >= 4 is 39.9 Å². The molecular weight excluding hydrogens is 298 g/mol. The Kier molecular flexibility index (Phi) is 3.77. The summed E-state index contributed by atoms with van der Waals surface area (Å²) in [6.07, 6.45) is 1.70. The Morgan fingerprint density at radius 1 is 1.23 bits per heavy atom. The molecule has 5 heteroatoms. The first kappa shape index (κ1) is 14.5. The van der Waals surface area contributed by atoms with Crippen LogP contribution in [0.2, 0.25) is 5.02 Å². The lowest BCUT2D eigenvalue weighted by atomic mass is 10.2. The molecule has 3 aromatic rings. The number of rotatable bonds is 2. The highest BCUT2D eigenvalue weighted by Crippen LogP contribution is 2.35. The van der Waals surface area contributed by atoms with Crippen LogP contribution < -0.4 is 10.6 Å². The van der Waals surface area contributed by atoms with Crippen molar-refractivity contribution in [3.8, 4) is 0 Å². The Labute approximate surface area is 133 Å². The van der Waals surface area contributed by atoms with Crippen molar-refractivity contribution in [2.24, 2.45) is 10.7 Å². The molecule has 0 unspecified atom stereocenters. The molecule has 1 heterocycles. The molecule has 2 N–H and O–H groups in total. The first-order valence-corrected chi connectivity index (χ1v) is 7.24. The van der Waals surface area contributed by atoms with Crippen molar-refractivity contribution in [2.75, 3.05) is 11.9 Å². The molecule has 0 spiro atoms. The third kappa shape index (κ3) is 2.42. The van der Waals surface area contributed by atoms with E-state index in [1.807, 2.05) is 49.4 Å². The van der Waals surface area contributed by atoms with E-state index in [4.69, 9.17) is 21.8 Å². The summed E-state index contributed by atoms with van der Waals surface area (Å²) in [6.45, 7) is 1.95. The number of furan rings is 1. The van der Waals surface area contributed by atoms with Gasteiger partial charge < -0.3 is 10.2 Å². The van der Waals surface area contributed by atoms with E-state index in [1.54, 1.807) is 18.2 Å². The normalized spacial score (nSPS) is 11.9. The van der Waals surface area contributed by atoms with E-state index in [0.717, 1.165) is 22.0 Å². The average molecular weight is 314 g/mol. The van der Waals surface area contributed by atoms with Gasteiger partial charge in [0.2, 0.25) is 11.8 Å². The van der Waals surface area contributed by atoms with Crippen LogP contribution in [0.1, 0.15) is 5.56 Å². The van der Waals surface area contributed by atoms with E-state index in [0.29, 0.717) is 16.9 Å². The molecule has 0 atom stereocenters. The highest BCUT2D eigenvalue weighted by atomic mass is 35.5. The van der Waals surface area contributed by atoms with Gasteiger partial charge in [0.15, 0.2) is 0 Å². The predicted octanol–water partition coefficient (Wildman–Crippen LogP) is 4.48. The second-order valence-corrected chi connectivity index (χ2v) is 5.39. The van der Waals surface area contributed by atoms with Crippen LogP contribution in [-0.2, 0) is 0 Å². The Morgan fingerprint density at radius 3 is 2.73 bits per heavy atom. The third-order valence-electron chi connectivity index (χ3n) is 3.56. The molecule has 0 aliphatic heterocycles. The maximum absolute atomic E-state index is 6.25. The summed E-state index contributed by atoms with van der Waals surface area (Å²) in [5.41, 5.74) is 7.90. The summed E-state index contributed by atoms with van der Waals surface area (Å²) in [7, 11) is 1.64. The number of benzene rings is 2. The number of aryl methyl sites for hydroxylation is 1. The van der Waals surface area contributed by atoms with Gasteiger partial charge >= 0.3 is 0 Å². The van der Waals surface area contributed by atoms with Gasteiger partial charge in [-0.2, -0.15) is 0 Å². The maximum Gasteiger partial charge on any atom is 0.214 e. The SMILES string of the molecule is CN=C(N)N(c1ccc(C)c(Cl)c1)c1occ2ccccc12. The minimum atomic E-state index is 0.333. The van der Waals surface area contributed by atoms with Crippen LogP contribution in [0.25, 0.3) is 10.8 Å². The molecular formula is C17H16ClN3O. The summed E-state index contributed by atoms with van der Waals surface area (Å²) in [6, 6.07) is 13.6. The third-order valence-corrected chi connectivity index (χ3v) is 3.97. The summed E-state index contributed by atoms with van der Waals surface area (Å²) in [5.74, 6) is 0.957. The highest BCUT2D eigenvalue weighted by molar-refractivity contribution is 6.31. The molecule has 1 aromatic heterocycles. The van der Waals surface area contributed by atoms with Crippen LogP contribution in [0.15, 0.2) is 58.1 Å². The molecule has 0 bridgehead atoms. The minimum Gasteiger partial charge on any atom is -0.447 e. The second-order valence-electron chi connectivity index (χ2n) is 4.98. The monoisotopic (exact) mass is 313 g/mol. The number of aliphatic imine (C=N–C) groups is 1. The summed E-state index contributed by atoms with van der Waals surface area (Å²) in [5, 5.41) is 2.64. The maximum atomic E-state index is 6.25. The van der Waals surface area contributed by atoms with Gasteiger partial charge in [0.1, 0.15) is 6.26 Å². The lowest BCUT2D eigenvalue weighted by Crippen LogP contribution is -2.33. The number of guanidine groups is 1. The topological polar surface area (TPSA) is 54.8 Å². The van der Waals surface area contributed by atoms with E-state index in [1.165, 1.54) is 0 Å². The number of hydrogen-bond acceptors (Lipinski definition) is 2. The van der Waals surface area contributed by atoms with Crippen LogP contribution in [-0.4, -0.2) is 13.0 Å². The predicted molar refractivity (Wildman–Crippen MR) is 92.1 cm³/mol. The Hall–Kier alpha value is -2.46. The molecule has 22 heavy (non-hydrogen) atoms. The minimum absolute atomic E-state index is 0.333. The molecule has 0 aliphatic rings. The zero-order chi connectivity index (χ0) is 15.7. The van der Waals surface area contributed by atoms with E-state index in [2.05, 4.69) is 4.99 Å². The molecule has 0 aliphatic carbocycles. The summed E-state index contributed by atoms with van der Waals surface area (Å²) < 4.78 is 5.75. The highest BCUT2D eigenvalue weighted by Gasteiger charge is 2.20. The first-order chi connectivity index (χ1) is 10.6. The number of hydrogen-bond donors (Lipinski definition) is 1. The lowest BCUT2D eigenvalue weighted by Gasteiger charge is -2.21. The van der Waals surface area contributed by atoms with Gasteiger partial charge in [-0.1, -0.05) is 35.9 Å². The molecule has 0 amide bonds. The van der Waals surface area contributed by atoms with Crippen LogP contribution in [0, 0.1) is 6.92 Å². The van der Waals surface area contributed by atoms with Crippen molar-refractivity contribution in [1.82, 2.24) is 0 Å². The van der Waals surface area contributed by atoms with E-state index >= 15 is 0 Å². The first-order valence-electron chi connectivity index (χ1n) is 6.86. The van der Waals surface area contributed by atoms with Gasteiger partial charge in [-0.15, -0.1) is 0 Å². The van der Waals surface area contributed by atoms with Crippen molar-refractivity contribution in [3.05, 3.63) is 59.3 Å². The molecule has 0 saturated carbocycles. The summed E-state index contributed by atoms with van der Waals surface area (Å²) in [4.78, 5) is 5.85. The van der Waals surface area contributed by atoms with E-state index in [-0.39, 0.29) is 0 Å². The Bertz CT molecular complexity index is 854. The Morgan fingerprint density at radius 2 is 2.00 bits per heavy atom. The van der Waals surface area contributed by atoms with Gasteiger partial charge in [0, 0.05) is 22.8 Å². The zero-order valence-corrected chi connectivity index (χ0v) is 13.1. The van der Waals surface area contributed by atoms with E-state index < -0.39 is 0 Å². The molecule has 0 saturated heterocycles. The molecule has 0 fully saturated rings. The lowest BCUT2D eigenvalue weighted by molar-refractivity contribution is 0.580.